The number of nitrogens with one attached hydrogen (secondary N) is 1. The summed E-state index contributed by atoms with van der Waals surface area (Å²) in [7, 11) is 0. The van der Waals surface area contributed by atoms with Crippen molar-refractivity contribution in [2.24, 2.45) is 0 Å². The molecule has 1 amide bonds. The number of fused-ring (bicyclic) bond motifs is 1. The van der Waals surface area contributed by atoms with Crippen LogP contribution in [0.15, 0.2) is 55.1 Å². The number of aromatic nitrogens is 6. The van der Waals surface area contributed by atoms with Gasteiger partial charge in [0.15, 0.2) is 0 Å². The van der Waals surface area contributed by atoms with Crippen molar-refractivity contribution >= 4 is 17.4 Å². The Morgan fingerprint density at radius 1 is 1.24 bits per heavy atom. The zero-order chi connectivity index (χ0) is 17.2. The number of carbonyl (C=O) groups is 1. The lowest BCUT2D eigenvalue weighted by Crippen LogP contribution is -2.13. The zero-order valence-electron chi connectivity index (χ0n) is 13.5. The molecule has 4 aromatic rings. The summed E-state index contributed by atoms with van der Waals surface area (Å²) in [5.41, 5.74) is 2.94. The number of carbonyl (C=O) groups excluding carboxylic acids is 1. The molecule has 3 heterocycles. The van der Waals surface area contributed by atoms with Crippen LogP contribution in [0.5, 0.6) is 0 Å². The molecule has 0 saturated heterocycles. The Morgan fingerprint density at radius 3 is 2.88 bits per heavy atom. The van der Waals surface area contributed by atoms with E-state index in [-0.39, 0.29) is 5.82 Å². The van der Waals surface area contributed by atoms with Gasteiger partial charge in [-0.3, -0.25) is 9.48 Å². The van der Waals surface area contributed by atoms with Crippen molar-refractivity contribution in [2.45, 2.75) is 13.5 Å². The molecule has 0 aliphatic carbocycles. The molecule has 0 radical (unpaired) electrons. The van der Waals surface area contributed by atoms with Gasteiger partial charge in [-0.2, -0.15) is 10.1 Å². The van der Waals surface area contributed by atoms with Gasteiger partial charge >= 0.3 is 0 Å². The number of amides is 1. The highest BCUT2D eigenvalue weighted by Gasteiger charge is 2.14. The number of nitrogens with zero attached hydrogens (tertiary/aromatic N) is 6. The molecule has 0 saturated carbocycles. The molecule has 0 atom stereocenters. The van der Waals surface area contributed by atoms with E-state index in [0.29, 0.717) is 18.0 Å². The first kappa shape index (κ1) is 15.0. The minimum Gasteiger partial charge on any atom is -0.316 e. The van der Waals surface area contributed by atoms with E-state index in [1.807, 2.05) is 6.92 Å². The molecule has 0 bridgehead atoms. The van der Waals surface area contributed by atoms with E-state index in [2.05, 4.69) is 49.7 Å². The quantitative estimate of drug-likeness (QED) is 0.616. The highest BCUT2D eigenvalue weighted by Crippen LogP contribution is 2.10. The summed E-state index contributed by atoms with van der Waals surface area (Å²) >= 11 is 0. The van der Waals surface area contributed by atoms with Crippen LogP contribution in [-0.2, 0) is 6.54 Å². The number of hydrogen-bond acceptors (Lipinski definition) is 5. The first-order chi connectivity index (χ1) is 12.2. The van der Waals surface area contributed by atoms with Gasteiger partial charge in [0.1, 0.15) is 0 Å². The Balaban J connectivity index is 1.46. The molecule has 8 nitrogen and oxygen atoms in total. The minimum absolute atomic E-state index is 0.0602. The predicted molar refractivity (Wildman–Crippen MR) is 91.2 cm³/mol. The van der Waals surface area contributed by atoms with Crippen LogP contribution in [0.2, 0.25) is 0 Å². The molecule has 0 aliphatic heterocycles. The maximum absolute atomic E-state index is 12.3. The van der Waals surface area contributed by atoms with Crippen molar-refractivity contribution in [3.05, 3.63) is 72.1 Å². The zero-order valence-corrected chi connectivity index (χ0v) is 13.5. The normalized spacial score (nSPS) is 10.9. The first-order valence-electron chi connectivity index (χ1n) is 7.74. The number of benzene rings is 1. The third-order valence-corrected chi connectivity index (χ3v) is 3.68. The topological polar surface area (TPSA) is 90.0 Å². The second-order valence-corrected chi connectivity index (χ2v) is 5.67. The number of hydrogen-bond donors (Lipinski definition) is 1. The fraction of sp³-hybridized carbons (Fsp3) is 0.118. The summed E-state index contributed by atoms with van der Waals surface area (Å²) in [5.74, 6) is 0.0353. The van der Waals surface area contributed by atoms with Gasteiger partial charge in [0.2, 0.25) is 5.82 Å². The lowest BCUT2D eigenvalue weighted by molar-refractivity contribution is 0.101. The second kappa shape index (κ2) is 6.16. The molecule has 4 rings (SSSR count). The van der Waals surface area contributed by atoms with Crippen LogP contribution in [0.1, 0.15) is 21.7 Å². The van der Waals surface area contributed by atoms with Gasteiger partial charge in [0.25, 0.3) is 11.7 Å². The molecular formula is C17H15N7O. The predicted octanol–water partition coefficient (Wildman–Crippen LogP) is 1.93. The molecule has 3 aromatic heterocycles. The van der Waals surface area contributed by atoms with Gasteiger partial charge in [-0.1, -0.05) is 29.8 Å². The summed E-state index contributed by atoms with van der Waals surface area (Å²) in [6.45, 7) is 2.68. The Morgan fingerprint density at radius 2 is 2.08 bits per heavy atom. The fourth-order valence-electron chi connectivity index (χ4n) is 2.41. The maximum Gasteiger partial charge on any atom is 0.295 e. The van der Waals surface area contributed by atoms with E-state index in [9.17, 15) is 4.79 Å². The van der Waals surface area contributed by atoms with E-state index in [1.54, 1.807) is 35.5 Å². The molecular weight excluding hydrogens is 318 g/mol. The van der Waals surface area contributed by atoms with Crippen LogP contribution in [0, 0.1) is 6.92 Å². The number of aryl methyl sites for hydroxylation is 1. The second-order valence-electron chi connectivity index (χ2n) is 5.67. The molecule has 1 N–H and O–H groups in total. The third-order valence-electron chi connectivity index (χ3n) is 3.68. The summed E-state index contributed by atoms with van der Waals surface area (Å²) < 4.78 is 3.22. The Labute approximate surface area is 143 Å². The lowest BCUT2D eigenvalue weighted by atomic mass is 10.1. The smallest absolute Gasteiger partial charge is 0.295 e. The molecule has 8 heteroatoms. The van der Waals surface area contributed by atoms with Gasteiger partial charge in [0.05, 0.1) is 18.4 Å². The van der Waals surface area contributed by atoms with Crippen LogP contribution < -0.4 is 5.32 Å². The summed E-state index contributed by atoms with van der Waals surface area (Å²) in [6, 6.07) is 9.96. The third kappa shape index (κ3) is 3.23. The standard InChI is InChI=1S/C17H15N7O/c1-12-3-5-13(6-4-12)10-23-11-14(9-19-23)20-16(25)15-21-17-18-7-2-8-24(17)22-15/h2-9,11H,10H2,1H3,(H,20,25). The molecule has 25 heavy (non-hydrogen) atoms. The van der Waals surface area contributed by atoms with Crippen molar-refractivity contribution in [2.75, 3.05) is 5.32 Å². The lowest BCUT2D eigenvalue weighted by Gasteiger charge is -2.02. The van der Waals surface area contributed by atoms with Gasteiger partial charge in [-0.15, -0.1) is 5.10 Å². The van der Waals surface area contributed by atoms with Crippen molar-refractivity contribution in [1.29, 1.82) is 0 Å². The summed E-state index contributed by atoms with van der Waals surface area (Å²) in [4.78, 5) is 20.4. The fourth-order valence-corrected chi connectivity index (χ4v) is 2.41. The highest BCUT2D eigenvalue weighted by atomic mass is 16.2. The van der Waals surface area contributed by atoms with Crippen molar-refractivity contribution in [1.82, 2.24) is 29.4 Å². The Kier molecular flexibility index (Phi) is 3.70. The van der Waals surface area contributed by atoms with Gasteiger partial charge in [-0.25, -0.2) is 9.50 Å². The molecule has 1 aromatic carbocycles. The summed E-state index contributed by atoms with van der Waals surface area (Å²) in [6.07, 6.45) is 6.65. The first-order valence-corrected chi connectivity index (χ1v) is 7.74. The van der Waals surface area contributed by atoms with Gasteiger partial charge < -0.3 is 5.32 Å². The van der Waals surface area contributed by atoms with Crippen LogP contribution in [0.25, 0.3) is 5.78 Å². The minimum atomic E-state index is -0.402. The van der Waals surface area contributed by atoms with Crippen LogP contribution in [0.3, 0.4) is 0 Å². The average Bonchev–Trinajstić information content (AvgIpc) is 3.23. The molecule has 0 fully saturated rings. The van der Waals surface area contributed by atoms with Crippen molar-refractivity contribution in [3.63, 3.8) is 0 Å². The van der Waals surface area contributed by atoms with Crippen molar-refractivity contribution in [3.8, 4) is 0 Å². The molecule has 0 aliphatic rings. The van der Waals surface area contributed by atoms with E-state index in [4.69, 9.17) is 0 Å². The van der Waals surface area contributed by atoms with E-state index < -0.39 is 5.91 Å². The average molecular weight is 333 g/mol. The molecule has 0 unspecified atom stereocenters. The Bertz CT molecular complexity index is 1000. The largest absolute Gasteiger partial charge is 0.316 e. The number of anilines is 1. The van der Waals surface area contributed by atoms with Crippen molar-refractivity contribution < 1.29 is 4.79 Å². The summed E-state index contributed by atoms with van der Waals surface area (Å²) in [5, 5.41) is 11.1. The van der Waals surface area contributed by atoms with E-state index >= 15 is 0 Å². The Hall–Kier alpha value is -3.55. The molecule has 124 valence electrons. The van der Waals surface area contributed by atoms with E-state index in [1.165, 1.54) is 10.1 Å². The van der Waals surface area contributed by atoms with E-state index in [0.717, 1.165) is 5.56 Å². The SMILES string of the molecule is Cc1ccc(Cn2cc(NC(=O)c3nc4ncccn4n3)cn2)cc1. The van der Waals surface area contributed by atoms with Crippen LogP contribution >= 0.6 is 0 Å². The van der Waals surface area contributed by atoms with Gasteiger partial charge in [0, 0.05) is 18.6 Å². The monoisotopic (exact) mass is 333 g/mol. The van der Waals surface area contributed by atoms with Crippen LogP contribution in [-0.4, -0.2) is 35.3 Å². The molecule has 0 spiro atoms. The maximum atomic E-state index is 12.3. The van der Waals surface area contributed by atoms with Gasteiger partial charge in [-0.05, 0) is 18.6 Å². The number of rotatable bonds is 4. The van der Waals surface area contributed by atoms with Crippen LogP contribution in [0.4, 0.5) is 5.69 Å². The highest BCUT2D eigenvalue weighted by molar-refractivity contribution is 6.01.